The lowest BCUT2D eigenvalue weighted by molar-refractivity contribution is -0.0832. The van der Waals surface area contributed by atoms with Crippen LogP contribution in [-0.4, -0.2) is 52.6 Å². The van der Waals surface area contributed by atoms with Crippen LogP contribution in [-0.2, 0) is 9.47 Å². The molecule has 1 aliphatic heterocycles. The maximum Gasteiger partial charge on any atom is 0.193 e. The number of methoxy groups -OCH3 is 2. The predicted molar refractivity (Wildman–Crippen MR) is 80.2 cm³/mol. The highest BCUT2D eigenvalue weighted by molar-refractivity contribution is 5.94. The van der Waals surface area contributed by atoms with Gasteiger partial charge in [-0.2, -0.15) is 0 Å². The zero-order chi connectivity index (χ0) is 15.1. The lowest BCUT2D eigenvalue weighted by atomic mass is 10.2. The number of hydrogen-bond donors (Lipinski definition) is 2. The standard InChI is InChI=1S/C14H21N3O4/c1-18-10-3-4-13(19-2)12(7-10)17-14(15)16-8-11-9-20-5-6-21-11/h3-4,7,11H,5-6,8-9H2,1-2H3,(H3,15,16,17). The van der Waals surface area contributed by atoms with Gasteiger partial charge in [0, 0.05) is 6.07 Å². The molecule has 1 unspecified atom stereocenters. The first-order valence-electron chi connectivity index (χ1n) is 6.71. The molecular weight excluding hydrogens is 274 g/mol. The molecule has 0 aromatic heterocycles. The largest absolute Gasteiger partial charge is 0.497 e. The van der Waals surface area contributed by atoms with Gasteiger partial charge in [-0.25, -0.2) is 0 Å². The summed E-state index contributed by atoms with van der Waals surface area (Å²) in [5, 5.41) is 3.00. The third-order valence-corrected chi connectivity index (χ3v) is 3.02. The van der Waals surface area contributed by atoms with Crippen molar-refractivity contribution in [2.75, 3.05) is 45.9 Å². The molecule has 116 valence electrons. The Kier molecular flexibility index (Phi) is 5.65. The first kappa shape index (κ1) is 15.4. The van der Waals surface area contributed by atoms with Gasteiger partial charge in [0.2, 0.25) is 0 Å². The molecule has 0 aliphatic carbocycles. The fourth-order valence-corrected chi connectivity index (χ4v) is 1.93. The molecule has 0 saturated carbocycles. The van der Waals surface area contributed by atoms with Crippen molar-refractivity contribution in [3.63, 3.8) is 0 Å². The minimum atomic E-state index is -0.0497. The second-order valence-corrected chi connectivity index (χ2v) is 4.48. The Balaban J connectivity index is 1.98. The highest BCUT2D eigenvalue weighted by atomic mass is 16.6. The Morgan fingerprint density at radius 3 is 2.90 bits per heavy atom. The normalized spacial score (nSPS) is 19.1. The van der Waals surface area contributed by atoms with Gasteiger partial charge in [-0.15, -0.1) is 0 Å². The fourth-order valence-electron chi connectivity index (χ4n) is 1.93. The molecule has 0 radical (unpaired) electrons. The van der Waals surface area contributed by atoms with Crippen LogP contribution in [0.3, 0.4) is 0 Å². The van der Waals surface area contributed by atoms with E-state index in [2.05, 4.69) is 10.3 Å². The molecule has 1 aromatic carbocycles. The van der Waals surface area contributed by atoms with Gasteiger partial charge in [-0.05, 0) is 12.1 Å². The summed E-state index contributed by atoms with van der Waals surface area (Å²) in [6.07, 6.45) is -0.0497. The van der Waals surface area contributed by atoms with Crippen molar-refractivity contribution >= 4 is 11.6 Å². The second kappa shape index (κ2) is 7.70. The summed E-state index contributed by atoms with van der Waals surface area (Å²) in [7, 11) is 3.19. The maximum absolute atomic E-state index is 5.88. The molecule has 1 fully saturated rings. The minimum Gasteiger partial charge on any atom is -0.497 e. The maximum atomic E-state index is 5.88. The summed E-state index contributed by atoms with van der Waals surface area (Å²) in [5.41, 5.74) is 6.58. The number of anilines is 1. The van der Waals surface area contributed by atoms with Gasteiger partial charge in [0.05, 0.1) is 46.3 Å². The number of nitrogens with one attached hydrogen (secondary N) is 1. The van der Waals surface area contributed by atoms with Gasteiger partial charge < -0.3 is 30.0 Å². The molecule has 2 rings (SSSR count). The monoisotopic (exact) mass is 295 g/mol. The Morgan fingerprint density at radius 1 is 1.38 bits per heavy atom. The molecule has 1 aliphatic rings. The number of nitrogens with two attached hydrogens (primary N) is 1. The van der Waals surface area contributed by atoms with Crippen LogP contribution in [0.2, 0.25) is 0 Å². The Labute approximate surface area is 124 Å². The number of ether oxygens (including phenoxy) is 4. The molecule has 1 aromatic rings. The molecule has 0 amide bonds. The summed E-state index contributed by atoms with van der Waals surface area (Å²) in [5.74, 6) is 1.65. The van der Waals surface area contributed by atoms with E-state index in [-0.39, 0.29) is 12.1 Å². The van der Waals surface area contributed by atoms with E-state index in [4.69, 9.17) is 24.7 Å². The number of nitrogens with zero attached hydrogens (tertiary/aromatic N) is 1. The van der Waals surface area contributed by atoms with Gasteiger partial charge in [0.25, 0.3) is 0 Å². The minimum absolute atomic E-state index is 0.0497. The van der Waals surface area contributed by atoms with Crippen LogP contribution in [0, 0.1) is 0 Å². The van der Waals surface area contributed by atoms with E-state index < -0.39 is 0 Å². The number of benzene rings is 1. The van der Waals surface area contributed by atoms with Gasteiger partial charge in [0.1, 0.15) is 17.6 Å². The third-order valence-electron chi connectivity index (χ3n) is 3.02. The van der Waals surface area contributed by atoms with Crippen LogP contribution < -0.4 is 20.5 Å². The lowest BCUT2D eigenvalue weighted by Crippen LogP contribution is -2.32. The van der Waals surface area contributed by atoms with Gasteiger partial charge >= 0.3 is 0 Å². The van der Waals surface area contributed by atoms with Crippen molar-refractivity contribution in [1.82, 2.24) is 0 Å². The lowest BCUT2D eigenvalue weighted by Gasteiger charge is -2.21. The van der Waals surface area contributed by atoms with Crippen LogP contribution in [0.1, 0.15) is 0 Å². The van der Waals surface area contributed by atoms with Gasteiger partial charge in [0.15, 0.2) is 5.96 Å². The highest BCUT2D eigenvalue weighted by Gasteiger charge is 2.13. The predicted octanol–water partition coefficient (Wildman–Crippen LogP) is 0.846. The van der Waals surface area contributed by atoms with E-state index in [1.54, 1.807) is 26.4 Å². The molecular formula is C14H21N3O4. The Bertz CT molecular complexity index is 487. The van der Waals surface area contributed by atoms with Crippen molar-refractivity contribution in [2.24, 2.45) is 10.7 Å². The number of rotatable bonds is 5. The molecule has 1 atom stereocenters. The van der Waals surface area contributed by atoms with Crippen molar-refractivity contribution in [3.8, 4) is 11.5 Å². The topological polar surface area (TPSA) is 87.3 Å². The van der Waals surface area contributed by atoms with E-state index in [9.17, 15) is 0 Å². The van der Waals surface area contributed by atoms with Crippen molar-refractivity contribution in [1.29, 1.82) is 0 Å². The number of hydrogen-bond acceptors (Lipinski definition) is 5. The first-order chi connectivity index (χ1) is 10.2. The van der Waals surface area contributed by atoms with Crippen molar-refractivity contribution < 1.29 is 18.9 Å². The molecule has 0 spiro atoms. The Morgan fingerprint density at radius 2 is 2.24 bits per heavy atom. The first-order valence-corrected chi connectivity index (χ1v) is 6.71. The quantitative estimate of drug-likeness (QED) is 0.618. The average molecular weight is 295 g/mol. The van der Waals surface area contributed by atoms with Crippen molar-refractivity contribution in [3.05, 3.63) is 18.2 Å². The number of guanidine groups is 1. The average Bonchev–Trinajstić information content (AvgIpc) is 2.54. The van der Waals surface area contributed by atoms with E-state index in [0.29, 0.717) is 43.6 Å². The number of aliphatic imine (C=N–C) groups is 1. The third kappa shape index (κ3) is 4.51. The molecule has 0 bridgehead atoms. The van der Waals surface area contributed by atoms with E-state index in [1.807, 2.05) is 6.07 Å². The zero-order valence-corrected chi connectivity index (χ0v) is 12.3. The van der Waals surface area contributed by atoms with Crippen LogP contribution in [0.25, 0.3) is 0 Å². The summed E-state index contributed by atoms with van der Waals surface area (Å²) < 4.78 is 21.3. The summed E-state index contributed by atoms with van der Waals surface area (Å²) in [4.78, 5) is 4.26. The Hall–Kier alpha value is -1.99. The summed E-state index contributed by atoms with van der Waals surface area (Å²) in [6.45, 7) is 2.22. The van der Waals surface area contributed by atoms with Gasteiger partial charge in [-0.1, -0.05) is 0 Å². The molecule has 3 N–H and O–H groups in total. The van der Waals surface area contributed by atoms with Crippen LogP contribution in [0.15, 0.2) is 23.2 Å². The summed E-state index contributed by atoms with van der Waals surface area (Å²) in [6, 6.07) is 5.40. The van der Waals surface area contributed by atoms with Crippen LogP contribution in [0.5, 0.6) is 11.5 Å². The van der Waals surface area contributed by atoms with E-state index in [0.717, 1.165) is 0 Å². The molecule has 1 heterocycles. The fraction of sp³-hybridized carbons (Fsp3) is 0.500. The summed E-state index contributed by atoms with van der Waals surface area (Å²) >= 11 is 0. The van der Waals surface area contributed by atoms with E-state index in [1.165, 1.54) is 0 Å². The van der Waals surface area contributed by atoms with Crippen LogP contribution in [0.4, 0.5) is 5.69 Å². The molecule has 7 heteroatoms. The molecule has 7 nitrogen and oxygen atoms in total. The van der Waals surface area contributed by atoms with E-state index >= 15 is 0 Å². The SMILES string of the molecule is COc1ccc(OC)c(NC(N)=NCC2COCCO2)c1. The van der Waals surface area contributed by atoms with Crippen LogP contribution >= 0.6 is 0 Å². The second-order valence-electron chi connectivity index (χ2n) is 4.48. The zero-order valence-electron chi connectivity index (χ0n) is 12.3. The smallest absolute Gasteiger partial charge is 0.193 e. The molecule has 1 saturated heterocycles. The van der Waals surface area contributed by atoms with Crippen molar-refractivity contribution in [2.45, 2.75) is 6.10 Å². The molecule has 21 heavy (non-hydrogen) atoms. The highest BCUT2D eigenvalue weighted by Crippen LogP contribution is 2.28. The van der Waals surface area contributed by atoms with Gasteiger partial charge in [-0.3, -0.25) is 4.99 Å².